The van der Waals surface area contributed by atoms with Gasteiger partial charge in [-0.1, -0.05) is 17.7 Å². The van der Waals surface area contributed by atoms with Gasteiger partial charge in [-0.3, -0.25) is 4.79 Å². The van der Waals surface area contributed by atoms with E-state index in [0.29, 0.717) is 48.7 Å². The number of pyridine rings is 1. The fourth-order valence-corrected chi connectivity index (χ4v) is 4.10. The summed E-state index contributed by atoms with van der Waals surface area (Å²) in [4.78, 5) is 12.8. The molecule has 0 bridgehead atoms. The molecule has 1 aliphatic carbocycles. The van der Waals surface area contributed by atoms with Crippen LogP contribution in [0, 0.1) is 5.92 Å². The van der Waals surface area contributed by atoms with Gasteiger partial charge in [0.05, 0.1) is 35.0 Å². The second-order valence-electron chi connectivity index (χ2n) is 7.27. The first-order valence-corrected chi connectivity index (χ1v) is 9.55. The van der Waals surface area contributed by atoms with Crippen molar-refractivity contribution in [3.05, 3.63) is 46.8 Å². The maximum absolute atomic E-state index is 13.3. The Morgan fingerprint density at radius 3 is 2.85 bits per heavy atom. The number of nitrogens with one attached hydrogen (secondary N) is 1. The lowest BCUT2D eigenvalue weighted by molar-refractivity contribution is -0.0452. The number of amides is 1. The van der Waals surface area contributed by atoms with Crippen LogP contribution in [0.2, 0.25) is 5.02 Å². The molecule has 144 valence electrons. The summed E-state index contributed by atoms with van der Waals surface area (Å²) in [7, 11) is 0. The molecule has 1 amide bonds. The van der Waals surface area contributed by atoms with Crippen molar-refractivity contribution >= 4 is 28.6 Å². The Balaban J connectivity index is 1.55. The molecule has 1 fully saturated rings. The Morgan fingerprint density at radius 1 is 1.37 bits per heavy atom. The number of carbonyl (C=O) groups is 1. The summed E-state index contributed by atoms with van der Waals surface area (Å²) >= 11 is 6.37. The molecule has 2 aliphatic rings. The van der Waals surface area contributed by atoms with E-state index in [-0.39, 0.29) is 24.7 Å². The third-order valence-electron chi connectivity index (χ3n) is 5.41. The predicted octanol–water partition coefficient (Wildman–Crippen LogP) is 4.56. The predicted molar refractivity (Wildman–Crippen MR) is 100 cm³/mol. The lowest BCUT2D eigenvalue weighted by atomic mass is 9.87. The third kappa shape index (κ3) is 3.73. The first kappa shape index (κ1) is 18.4. The number of nitrogens with zero attached hydrogens (tertiary/aromatic N) is 1. The highest BCUT2D eigenvalue weighted by Gasteiger charge is 2.35. The van der Waals surface area contributed by atoms with Crippen LogP contribution in [0.15, 0.2) is 30.5 Å². The van der Waals surface area contributed by atoms with Crippen LogP contribution in [0.1, 0.15) is 41.7 Å². The zero-order valence-corrected chi connectivity index (χ0v) is 15.6. The summed E-state index contributed by atoms with van der Waals surface area (Å²) < 4.78 is 33.9. The third-order valence-corrected chi connectivity index (χ3v) is 5.71. The average molecular weight is 395 g/mol. The van der Waals surface area contributed by atoms with Gasteiger partial charge in [0.25, 0.3) is 5.91 Å². The minimum Gasteiger partial charge on any atom is -0.373 e. The quantitative estimate of drug-likeness (QED) is 0.825. The molecule has 7 heteroatoms. The van der Waals surface area contributed by atoms with Crippen LogP contribution in [0.5, 0.6) is 0 Å². The molecule has 0 atom stereocenters. The molecule has 0 spiro atoms. The largest absolute Gasteiger partial charge is 0.373 e. The van der Waals surface area contributed by atoms with Gasteiger partial charge in [-0.15, -0.1) is 0 Å². The number of rotatable bonds is 4. The smallest absolute Gasteiger partial charge is 0.253 e. The second-order valence-corrected chi connectivity index (χ2v) is 7.68. The lowest BCUT2D eigenvalue weighted by Gasteiger charge is -2.28. The first-order valence-electron chi connectivity index (χ1n) is 9.17. The standard InChI is InChI=1S/C20H21ClF2N2O2/c21-16-2-1-8-25-17(14-5-9-27-12-14)10-15(18(16)25)19(26)24-11-13-3-6-20(22,23)7-4-13/h1-2,5,8,10,13H,3-4,6-7,9,11-12H2,(H,24,26). The highest BCUT2D eigenvalue weighted by atomic mass is 35.5. The van der Waals surface area contributed by atoms with Gasteiger partial charge in [0.1, 0.15) is 0 Å². The number of fused-ring (bicyclic) bond motifs is 1. The van der Waals surface area contributed by atoms with E-state index < -0.39 is 5.92 Å². The molecule has 1 aliphatic heterocycles. The number of ether oxygens (including phenoxy) is 1. The van der Waals surface area contributed by atoms with Gasteiger partial charge >= 0.3 is 0 Å². The van der Waals surface area contributed by atoms with E-state index in [9.17, 15) is 13.6 Å². The molecule has 4 rings (SSSR count). The fraction of sp³-hybridized carbons (Fsp3) is 0.450. The van der Waals surface area contributed by atoms with Crippen LogP contribution in [0.3, 0.4) is 0 Å². The van der Waals surface area contributed by atoms with Crippen LogP contribution < -0.4 is 5.32 Å². The number of aromatic nitrogens is 1. The lowest BCUT2D eigenvalue weighted by Crippen LogP contribution is -2.33. The second kappa shape index (κ2) is 7.24. The molecule has 4 nitrogen and oxygen atoms in total. The van der Waals surface area contributed by atoms with Crippen molar-refractivity contribution in [2.24, 2.45) is 5.92 Å². The molecule has 0 saturated heterocycles. The fourth-order valence-electron chi connectivity index (χ4n) is 3.84. The van der Waals surface area contributed by atoms with E-state index in [0.717, 1.165) is 11.3 Å². The van der Waals surface area contributed by atoms with Crippen molar-refractivity contribution in [2.75, 3.05) is 19.8 Å². The van der Waals surface area contributed by atoms with Crippen LogP contribution >= 0.6 is 11.6 Å². The first-order chi connectivity index (χ1) is 12.9. The summed E-state index contributed by atoms with van der Waals surface area (Å²) in [5, 5.41) is 3.40. The van der Waals surface area contributed by atoms with E-state index in [1.165, 1.54) is 0 Å². The minimum absolute atomic E-state index is 0.0864. The Morgan fingerprint density at radius 2 is 2.15 bits per heavy atom. The SMILES string of the molecule is O=C(NCC1CCC(F)(F)CC1)c1cc(C2=CCOC2)n2cccc(Cl)c12. The number of halogens is 3. The minimum atomic E-state index is -2.56. The number of alkyl halides is 2. The molecular formula is C20H21ClF2N2O2. The molecular weight excluding hydrogens is 374 g/mol. The summed E-state index contributed by atoms with van der Waals surface area (Å²) in [5.41, 5.74) is 3.03. The van der Waals surface area contributed by atoms with Gasteiger partial charge in [0, 0.05) is 31.2 Å². The van der Waals surface area contributed by atoms with Crippen molar-refractivity contribution in [3.8, 4) is 0 Å². The number of hydrogen-bond acceptors (Lipinski definition) is 2. The summed E-state index contributed by atoms with van der Waals surface area (Å²) in [6.07, 6.45) is 4.52. The van der Waals surface area contributed by atoms with Crippen molar-refractivity contribution < 1.29 is 18.3 Å². The molecule has 27 heavy (non-hydrogen) atoms. The van der Waals surface area contributed by atoms with Gasteiger partial charge in [-0.25, -0.2) is 8.78 Å². The van der Waals surface area contributed by atoms with Crippen molar-refractivity contribution in [2.45, 2.75) is 31.6 Å². The van der Waals surface area contributed by atoms with Crippen molar-refractivity contribution in [1.82, 2.24) is 9.72 Å². The molecule has 0 radical (unpaired) electrons. The zero-order chi connectivity index (χ0) is 19.0. The molecule has 1 saturated carbocycles. The Labute approximate surface area is 161 Å². The topological polar surface area (TPSA) is 42.7 Å². The van der Waals surface area contributed by atoms with Gasteiger partial charge in [0.15, 0.2) is 0 Å². The Kier molecular flexibility index (Phi) is 4.95. The van der Waals surface area contributed by atoms with Crippen molar-refractivity contribution in [1.29, 1.82) is 0 Å². The van der Waals surface area contributed by atoms with E-state index in [2.05, 4.69) is 5.32 Å². The van der Waals surface area contributed by atoms with E-state index in [1.54, 1.807) is 6.07 Å². The van der Waals surface area contributed by atoms with E-state index in [4.69, 9.17) is 16.3 Å². The van der Waals surface area contributed by atoms with Crippen LogP contribution in [-0.2, 0) is 4.74 Å². The molecule has 2 aromatic rings. The highest BCUT2D eigenvalue weighted by molar-refractivity contribution is 6.35. The van der Waals surface area contributed by atoms with Gasteiger partial charge < -0.3 is 14.5 Å². The van der Waals surface area contributed by atoms with Crippen LogP contribution in [0.4, 0.5) is 8.78 Å². The van der Waals surface area contributed by atoms with Gasteiger partial charge in [-0.05, 0) is 37.0 Å². The monoisotopic (exact) mass is 394 g/mol. The molecule has 3 heterocycles. The summed E-state index contributed by atoms with van der Waals surface area (Å²) in [6, 6.07) is 5.41. The van der Waals surface area contributed by atoms with Gasteiger partial charge in [0.2, 0.25) is 5.92 Å². The molecule has 0 aromatic carbocycles. The van der Waals surface area contributed by atoms with E-state index >= 15 is 0 Å². The van der Waals surface area contributed by atoms with Gasteiger partial charge in [-0.2, -0.15) is 0 Å². The highest BCUT2D eigenvalue weighted by Crippen LogP contribution is 2.36. The van der Waals surface area contributed by atoms with E-state index in [1.807, 2.05) is 28.8 Å². The summed E-state index contributed by atoms with van der Waals surface area (Å²) in [5.74, 6) is -2.70. The molecule has 0 unspecified atom stereocenters. The Hall–Kier alpha value is -1.92. The number of carbonyl (C=O) groups excluding carboxylic acids is 1. The molecule has 2 aromatic heterocycles. The van der Waals surface area contributed by atoms with Crippen LogP contribution in [-0.4, -0.2) is 36.0 Å². The average Bonchev–Trinajstić information content (AvgIpc) is 3.28. The maximum atomic E-state index is 13.3. The zero-order valence-electron chi connectivity index (χ0n) is 14.8. The maximum Gasteiger partial charge on any atom is 0.253 e. The number of hydrogen-bond donors (Lipinski definition) is 1. The Bertz CT molecular complexity index is 897. The molecule has 1 N–H and O–H groups in total. The van der Waals surface area contributed by atoms with Crippen LogP contribution in [0.25, 0.3) is 11.1 Å². The normalized spacial score (nSPS) is 20.0. The van der Waals surface area contributed by atoms with Crippen molar-refractivity contribution in [3.63, 3.8) is 0 Å². The summed E-state index contributed by atoms with van der Waals surface area (Å²) in [6.45, 7) is 1.45.